The molecule has 4 nitrogen and oxygen atoms in total. The molecule has 1 aromatic carbocycles. The largest absolute Gasteiger partial charge is 0.390 e. The summed E-state index contributed by atoms with van der Waals surface area (Å²) in [5.74, 6) is -0.0324. The number of piperidine rings is 1. The van der Waals surface area contributed by atoms with Crippen molar-refractivity contribution in [1.82, 2.24) is 4.90 Å². The van der Waals surface area contributed by atoms with Crippen LogP contribution in [0.25, 0.3) is 0 Å². The van der Waals surface area contributed by atoms with E-state index in [1.54, 1.807) is 36.1 Å². The van der Waals surface area contributed by atoms with Crippen LogP contribution in [0.1, 0.15) is 35.7 Å². The van der Waals surface area contributed by atoms with E-state index in [0.717, 1.165) is 0 Å². The SMILES string of the molecule is CC1(O)CCN(C(=O)c2ccc(C#N)cc2)CC1. The fraction of sp³-hybridized carbons (Fsp3) is 0.429. The van der Waals surface area contributed by atoms with Crippen LogP contribution in [0.4, 0.5) is 0 Å². The van der Waals surface area contributed by atoms with Crippen molar-refractivity contribution in [3.63, 3.8) is 0 Å². The van der Waals surface area contributed by atoms with Crippen LogP contribution in [0.3, 0.4) is 0 Å². The van der Waals surface area contributed by atoms with Gasteiger partial charge in [0, 0.05) is 18.7 Å². The lowest BCUT2D eigenvalue weighted by atomic mass is 9.93. The Labute approximate surface area is 106 Å². The first kappa shape index (κ1) is 12.6. The third-order valence-electron chi connectivity index (χ3n) is 3.39. The Morgan fingerprint density at radius 2 is 1.89 bits per heavy atom. The van der Waals surface area contributed by atoms with Crippen molar-refractivity contribution in [2.75, 3.05) is 13.1 Å². The first-order valence-electron chi connectivity index (χ1n) is 6.04. The molecule has 18 heavy (non-hydrogen) atoms. The summed E-state index contributed by atoms with van der Waals surface area (Å²) in [7, 11) is 0. The summed E-state index contributed by atoms with van der Waals surface area (Å²) in [4.78, 5) is 13.9. The Bertz CT molecular complexity index is 476. The van der Waals surface area contributed by atoms with E-state index in [9.17, 15) is 9.90 Å². The summed E-state index contributed by atoms with van der Waals surface area (Å²) in [5.41, 5.74) is 0.491. The zero-order valence-corrected chi connectivity index (χ0v) is 10.4. The summed E-state index contributed by atoms with van der Waals surface area (Å²) in [6.07, 6.45) is 1.21. The minimum Gasteiger partial charge on any atom is -0.390 e. The summed E-state index contributed by atoms with van der Waals surface area (Å²) in [5, 5.41) is 18.5. The van der Waals surface area contributed by atoms with E-state index >= 15 is 0 Å². The maximum Gasteiger partial charge on any atom is 0.253 e. The van der Waals surface area contributed by atoms with Gasteiger partial charge in [-0.1, -0.05) is 0 Å². The maximum absolute atomic E-state index is 12.2. The number of rotatable bonds is 1. The van der Waals surface area contributed by atoms with Gasteiger partial charge in [-0.05, 0) is 44.0 Å². The minimum absolute atomic E-state index is 0.0324. The molecule has 0 radical (unpaired) electrons. The molecule has 1 N–H and O–H groups in total. The maximum atomic E-state index is 12.2. The van der Waals surface area contributed by atoms with Crippen LogP contribution in [0.2, 0.25) is 0 Å². The number of carbonyl (C=O) groups excluding carboxylic acids is 1. The van der Waals surface area contributed by atoms with Gasteiger partial charge in [0.15, 0.2) is 0 Å². The number of benzene rings is 1. The Morgan fingerprint density at radius 1 is 1.33 bits per heavy atom. The second-order valence-corrected chi connectivity index (χ2v) is 4.98. The average molecular weight is 244 g/mol. The van der Waals surface area contributed by atoms with E-state index in [1.165, 1.54) is 0 Å². The van der Waals surface area contributed by atoms with Crippen LogP contribution >= 0.6 is 0 Å². The molecule has 0 unspecified atom stereocenters. The fourth-order valence-electron chi connectivity index (χ4n) is 2.06. The quantitative estimate of drug-likeness (QED) is 0.815. The van der Waals surface area contributed by atoms with Crippen LogP contribution in [-0.2, 0) is 0 Å². The van der Waals surface area contributed by atoms with E-state index in [0.29, 0.717) is 37.1 Å². The van der Waals surface area contributed by atoms with Gasteiger partial charge in [-0.3, -0.25) is 4.79 Å². The second kappa shape index (κ2) is 4.79. The fourth-order valence-corrected chi connectivity index (χ4v) is 2.06. The van der Waals surface area contributed by atoms with Gasteiger partial charge in [-0.25, -0.2) is 0 Å². The molecule has 1 heterocycles. The number of hydrogen-bond acceptors (Lipinski definition) is 3. The van der Waals surface area contributed by atoms with Gasteiger partial charge in [0.05, 0.1) is 17.2 Å². The van der Waals surface area contributed by atoms with Gasteiger partial charge in [-0.15, -0.1) is 0 Å². The number of nitrogens with zero attached hydrogens (tertiary/aromatic N) is 2. The monoisotopic (exact) mass is 244 g/mol. The van der Waals surface area contributed by atoms with Crippen molar-refractivity contribution in [3.8, 4) is 6.07 Å². The predicted molar refractivity (Wildman–Crippen MR) is 66.9 cm³/mol. The first-order chi connectivity index (χ1) is 8.52. The Hall–Kier alpha value is -1.86. The normalized spacial score (nSPS) is 18.2. The molecule has 0 atom stereocenters. The van der Waals surface area contributed by atoms with Gasteiger partial charge in [-0.2, -0.15) is 5.26 Å². The van der Waals surface area contributed by atoms with Crippen LogP contribution < -0.4 is 0 Å². The van der Waals surface area contributed by atoms with E-state index in [4.69, 9.17) is 5.26 Å². The van der Waals surface area contributed by atoms with Crippen LogP contribution in [0, 0.1) is 11.3 Å². The lowest BCUT2D eigenvalue weighted by molar-refractivity contribution is -0.00202. The van der Waals surface area contributed by atoms with Crippen LogP contribution in [0.15, 0.2) is 24.3 Å². The van der Waals surface area contributed by atoms with Crippen LogP contribution in [-0.4, -0.2) is 34.6 Å². The highest BCUT2D eigenvalue weighted by molar-refractivity contribution is 5.94. The molecular formula is C14H16N2O2. The van der Waals surface area contributed by atoms with E-state index in [2.05, 4.69) is 0 Å². The number of hydrogen-bond donors (Lipinski definition) is 1. The van der Waals surface area contributed by atoms with Crippen molar-refractivity contribution >= 4 is 5.91 Å². The smallest absolute Gasteiger partial charge is 0.253 e. The third-order valence-corrected chi connectivity index (χ3v) is 3.39. The van der Waals surface area contributed by atoms with Gasteiger partial charge in [0.25, 0.3) is 5.91 Å². The van der Waals surface area contributed by atoms with Crippen molar-refractivity contribution < 1.29 is 9.90 Å². The number of carbonyl (C=O) groups is 1. The third kappa shape index (κ3) is 2.69. The summed E-state index contributed by atoms with van der Waals surface area (Å²) < 4.78 is 0. The molecule has 0 aromatic heterocycles. The molecule has 1 aromatic rings. The molecule has 0 saturated carbocycles. The van der Waals surface area contributed by atoms with E-state index in [-0.39, 0.29) is 5.91 Å². The molecule has 0 bridgehead atoms. The van der Waals surface area contributed by atoms with Crippen molar-refractivity contribution in [3.05, 3.63) is 35.4 Å². The van der Waals surface area contributed by atoms with Crippen molar-refractivity contribution in [1.29, 1.82) is 5.26 Å². The zero-order valence-electron chi connectivity index (χ0n) is 10.4. The topological polar surface area (TPSA) is 64.3 Å². The Kier molecular flexibility index (Phi) is 3.35. The summed E-state index contributed by atoms with van der Waals surface area (Å²) >= 11 is 0. The van der Waals surface area contributed by atoms with E-state index in [1.807, 2.05) is 6.07 Å². The van der Waals surface area contributed by atoms with Crippen LogP contribution in [0.5, 0.6) is 0 Å². The molecule has 1 aliphatic heterocycles. The Balaban J connectivity index is 2.06. The number of aliphatic hydroxyl groups is 1. The van der Waals surface area contributed by atoms with Gasteiger partial charge in [0.1, 0.15) is 0 Å². The molecule has 1 amide bonds. The summed E-state index contributed by atoms with van der Waals surface area (Å²) in [6.45, 7) is 2.95. The Morgan fingerprint density at radius 3 is 2.39 bits per heavy atom. The van der Waals surface area contributed by atoms with Crippen molar-refractivity contribution in [2.24, 2.45) is 0 Å². The lowest BCUT2D eigenvalue weighted by Gasteiger charge is -2.35. The van der Waals surface area contributed by atoms with Crippen molar-refractivity contribution in [2.45, 2.75) is 25.4 Å². The minimum atomic E-state index is -0.651. The molecule has 1 saturated heterocycles. The molecule has 1 fully saturated rings. The highest BCUT2D eigenvalue weighted by Crippen LogP contribution is 2.22. The van der Waals surface area contributed by atoms with Gasteiger partial charge in [0.2, 0.25) is 0 Å². The number of likely N-dealkylation sites (tertiary alicyclic amines) is 1. The summed E-state index contributed by atoms with van der Waals surface area (Å²) in [6, 6.07) is 8.67. The molecular weight excluding hydrogens is 228 g/mol. The van der Waals surface area contributed by atoms with E-state index < -0.39 is 5.60 Å². The molecule has 94 valence electrons. The zero-order chi connectivity index (χ0) is 13.2. The van der Waals surface area contributed by atoms with Gasteiger partial charge < -0.3 is 10.0 Å². The molecule has 1 aliphatic rings. The highest BCUT2D eigenvalue weighted by atomic mass is 16.3. The second-order valence-electron chi connectivity index (χ2n) is 4.98. The average Bonchev–Trinajstić information content (AvgIpc) is 2.38. The molecule has 0 aliphatic carbocycles. The molecule has 4 heteroatoms. The molecule has 2 rings (SSSR count). The number of amides is 1. The number of nitriles is 1. The first-order valence-corrected chi connectivity index (χ1v) is 6.04. The standard InChI is InChI=1S/C14H16N2O2/c1-14(18)6-8-16(9-7-14)13(17)12-4-2-11(10-15)3-5-12/h2-5,18H,6-9H2,1H3. The lowest BCUT2D eigenvalue weighted by Crippen LogP contribution is -2.45. The van der Waals surface area contributed by atoms with Gasteiger partial charge >= 0.3 is 0 Å². The molecule has 0 spiro atoms. The predicted octanol–water partition coefficient (Wildman–Crippen LogP) is 1.55. The highest BCUT2D eigenvalue weighted by Gasteiger charge is 2.29.